The molecule has 150 valence electrons. The lowest BCUT2D eigenvalue weighted by Gasteiger charge is -2.31. The highest BCUT2D eigenvalue weighted by atomic mass is 32.2. The van der Waals surface area contributed by atoms with Crippen LogP contribution in [0, 0.1) is 5.92 Å². The Morgan fingerprint density at radius 2 is 1.63 bits per heavy atom. The van der Waals surface area contributed by atoms with Gasteiger partial charge in [0.1, 0.15) is 0 Å². The van der Waals surface area contributed by atoms with Crippen molar-refractivity contribution >= 4 is 27.3 Å². The average molecular weight is 397 g/mol. The number of anilines is 2. The Labute approximate surface area is 160 Å². The van der Waals surface area contributed by atoms with Gasteiger partial charge in [0.05, 0.1) is 42.7 Å². The zero-order chi connectivity index (χ0) is 19.4. The maximum atomic E-state index is 13.0. The number of nitrogens with zero attached hydrogens (tertiary/aromatic N) is 2. The van der Waals surface area contributed by atoms with Crippen LogP contribution in [-0.2, 0) is 24.3 Å². The number of amides is 1. The fourth-order valence-corrected chi connectivity index (χ4v) is 4.50. The number of nitrogens with one attached hydrogen (secondary N) is 1. The molecule has 0 unspecified atom stereocenters. The summed E-state index contributed by atoms with van der Waals surface area (Å²) in [6.45, 7) is 7.65. The molecule has 1 amide bonds. The topological polar surface area (TPSA) is 88.2 Å². The largest absolute Gasteiger partial charge is 0.379 e. The molecule has 0 aromatic heterocycles. The highest BCUT2D eigenvalue weighted by molar-refractivity contribution is 7.89. The number of carbonyl (C=O) groups is 1. The molecule has 3 rings (SSSR count). The first kappa shape index (κ1) is 20.1. The van der Waals surface area contributed by atoms with Gasteiger partial charge in [-0.15, -0.1) is 0 Å². The van der Waals surface area contributed by atoms with E-state index in [2.05, 4.69) is 10.2 Å². The van der Waals surface area contributed by atoms with Crippen LogP contribution < -0.4 is 10.2 Å². The smallest absolute Gasteiger partial charge is 0.243 e. The zero-order valence-corrected chi connectivity index (χ0v) is 16.6. The Morgan fingerprint density at radius 3 is 2.22 bits per heavy atom. The first-order valence-electron chi connectivity index (χ1n) is 9.25. The Kier molecular flexibility index (Phi) is 6.36. The monoisotopic (exact) mass is 397 g/mol. The highest BCUT2D eigenvalue weighted by Crippen LogP contribution is 2.31. The van der Waals surface area contributed by atoms with Crippen molar-refractivity contribution in [1.29, 1.82) is 0 Å². The average Bonchev–Trinajstić information content (AvgIpc) is 2.69. The number of carbonyl (C=O) groups excluding carboxylic acids is 1. The molecule has 8 nitrogen and oxygen atoms in total. The number of hydrogen-bond donors (Lipinski definition) is 1. The van der Waals surface area contributed by atoms with Crippen molar-refractivity contribution in [2.24, 2.45) is 5.92 Å². The van der Waals surface area contributed by atoms with Gasteiger partial charge in [-0.2, -0.15) is 4.31 Å². The second-order valence-electron chi connectivity index (χ2n) is 6.94. The summed E-state index contributed by atoms with van der Waals surface area (Å²) in [6.07, 6.45) is 0. The highest BCUT2D eigenvalue weighted by Gasteiger charge is 2.28. The number of morpholine rings is 2. The molecule has 27 heavy (non-hydrogen) atoms. The molecule has 0 saturated carbocycles. The van der Waals surface area contributed by atoms with E-state index in [0.29, 0.717) is 58.3 Å². The van der Waals surface area contributed by atoms with Crippen molar-refractivity contribution in [2.45, 2.75) is 18.7 Å². The van der Waals surface area contributed by atoms with E-state index in [-0.39, 0.29) is 16.7 Å². The van der Waals surface area contributed by atoms with Crippen LogP contribution in [0.4, 0.5) is 11.4 Å². The standard InChI is InChI=1S/C18H27N3O5S/c1-14(2)18(22)19-16-13-15(27(23,24)21-7-11-26-12-8-21)3-4-17(16)20-5-9-25-10-6-20/h3-4,13-14H,5-12H2,1-2H3,(H,19,22). The van der Waals surface area contributed by atoms with E-state index >= 15 is 0 Å². The lowest BCUT2D eigenvalue weighted by Crippen LogP contribution is -2.40. The molecule has 0 radical (unpaired) electrons. The quantitative estimate of drug-likeness (QED) is 0.802. The molecular formula is C18H27N3O5S. The summed E-state index contributed by atoms with van der Waals surface area (Å²) < 4.78 is 38.0. The van der Waals surface area contributed by atoms with Crippen LogP contribution in [-0.4, -0.2) is 71.2 Å². The summed E-state index contributed by atoms with van der Waals surface area (Å²) in [5.74, 6) is -0.354. The van der Waals surface area contributed by atoms with Crippen LogP contribution in [0.3, 0.4) is 0 Å². The summed E-state index contributed by atoms with van der Waals surface area (Å²) in [6, 6.07) is 4.95. The molecule has 2 heterocycles. The third kappa shape index (κ3) is 4.60. The number of rotatable bonds is 5. The van der Waals surface area contributed by atoms with Crippen molar-refractivity contribution < 1.29 is 22.7 Å². The lowest BCUT2D eigenvalue weighted by molar-refractivity contribution is -0.118. The predicted octanol–water partition coefficient (Wildman–Crippen LogP) is 1.14. The third-order valence-corrected chi connectivity index (χ3v) is 6.60. The second-order valence-corrected chi connectivity index (χ2v) is 8.88. The Bertz CT molecular complexity index is 769. The van der Waals surface area contributed by atoms with Gasteiger partial charge >= 0.3 is 0 Å². The summed E-state index contributed by atoms with van der Waals surface area (Å²) >= 11 is 0. The molecule has 9 heteroatoms. The number of sulfonamides is 1. The van der Waals surface area contributed by atoms with Crippen molar-refractivity contribution in [3.63, 3.8) is 0 Å². The van der Waals surface area contributed by atoms with E-state index in [0.717, 1.165) is 5.69 Å². The minimum atomic E-state index is -3.63. The van der Waals surface area contributed by atoms with E-state index in [1.54, 1.807) is 32.0 Å². The van der Waals surface area contributed by atoms with Gasteiger partial charge in [-0.1, -0.05) is 13.8 Å². The number of benzene rings is 1. The van der Waals surface area contributed by atoms with Crippen LogP contribution in [0.2, 0.25) is 0 Å². The molecule has 0 atom stereocenters. The van der Waals surface area contributed by atoms with Gasteiger partial charge in [-0.3, -0.25) is 4.79 Å². The van der Waals surface area contributed by atoms with Gasteiger partial charge in [-0.25, -0.2) is 8.42 Å². The molecule has 2 saturated heterocycles. The van der Waals surface area contributed by atoms with E-state index < -0.39 is 10.0 Å². The normalized spacial score (nSPS) is 19.3. The minimum Gasteiger partial charge on any atom is -0.379 e. The first-order valence-corrected chi connectivity index (χ1v) is 10.7. The maximum absolute atomic E-state index is 13.0. The van der Waals surface area contributed by atoms with Crippen LogP contribution in [0.5, 0.6) is 0 Å². The number of hydrogen-bond acceptors (Lipinski definition) is 6. The van der Waals surface area contributed by atoms with E-state index in [1.807, 2.05) is 0 Å². The maximum Gasteiger partial charge on any atom is 0.243 e. The molecule has 2 aliphatic rings. The number of ether oxygens (including phenoxy) is 2. The first-order chi connectivity index (χ1) is 12.9. The molecule has 0 spiro atoms. The molecule has 1 aromatic carbocycles. The molecule has 0 aliphatic carbocycles. The van der Waals surface area contributed by atoms with Gasteiger partial charge < -0.3 is 19.7 Å². The molecule has 2 fully saturated rings. The van der Waals surface area contributed by atoms with Crippen LogP contribution in [0.25, 0.3) is 0 Å². The van der Waals surface area contributed by atoms with Crippen molar-refractivity contribution in [3.05, 3.63) is 18.2 Å². The van der Waals surface area contributed by atoms with Crippen molar-refractivity contribution in [3.8, 4) is 0 Å². The van der Waals surface area contributed by atoms with Crippen molar-refractivity contribution in [2.75, 3.05) is 62.8 Å². The Morgan fingerprint density at radius 1 is 1.04 bits per heavy atom. The zero-order valence-electron chi connectivity index (χ0n) is 15.8. The Balaban J connectivity index is 1.95. The molecule has 0 bridgehead atoms. The fourth-order valence-electron chi connectivity index (χ4n) is 3.07. The predicted molar refractivity (Wildman–Crippen MR) is 103 cm³/mol. The summed E-state index contributed by atoms with van der Waals surface area (Å²) in [7, 11) is -3.63. The summed E-state index contributed by atoms with van der Waals surface area (Å²) in [5.41, 5.74) is 1.33. The van der Waals surface area contributed by atoms with E-state index in [9.17, 15) is 13.2 Å². The van der Waals surface area contributed by atoms with Gasteiger partial charge in [0.25, 0.3) is 0 Å². The Hall–Kier alpha value is -1.68. The lowest BCUT2D eigenvalue weighted by atomic mass is 10.2. The van der Waals surface area contributed by atoms with Gasteiger partial charge in [0.2, 0.25) is 15.9 Å². The molecule has 2 aliphatic heterocycles. The van der Waals surface area contributed by atoms with Gasteiger partial charge in [0, 0.05) is 32.1 Å². The molecule has 1 N–H and O–H groups in total. The van der Waals surface area contributed by atoms with Crippen LogP contribution >= 0.6 is 0 Å². The summed E-state index contributed by atoms with van der Waals surface area (Å²) in [4.78, 5) is 14.6. The van der Waals surface area contributed by atoms with Crippen LogP contribution in [0.15, 0.2) is 23.1 Å². The van der Waals surface area contributed by atoms with E-state index in [1.165, 1.54) is 4.31 Å². The van der Waals surface area contributed by atoms with Crippen LogP contribution in [0.1, 0.15) is 13.8 Å². The SMILES string of the molecule is CC(C)C(=O)Nc1cc(S(=O)(=O)N2CCOCC2)ccc1N1CCOCC1. The second kappa shape index (κ2) is 8.55. The van der Waals surface area contributed by atoms with Crippen molar-refractivity contribution in [1.82, 2.24) is 4.31 Å². The van der Waals surface area contributed by atoms with Gasteiger partial charge in [-0.05, 0) is 18.2 Å². The van der Waals surface area contributed by atoms with E-state index in [4.69, 9.17) is 9.47 Å². The van der Waals surface area contributed by atoms with Gasteiger partial charge in [0.15, 0.2) is 0 Å². The third-order valence-electron chi connectivity index (χ3n) is 4.71. The minimum absolute atomic E-state index is 0.148. The fraction of sp³-hybridized carbons (Fsp3) is 0.611. The summed E-state index contributed by atoms with van der Waals surface area (Å²) in [5, 5.41) is 2.89. The molecule has 1 aromatic rings. The molecular weight excluding hydrogens is 370 g/mol.